The van der Waals surface area contributed by atoms with Crippen LogP contribution in [-0.2, 0) is 4.74 Å². The Kier molecular flexibility index (Phi) is 4.22. The van der Waals surface area contributed by atoms with Crippen molar-refractivity contribution in [3.05, 3.63) is 41.0 Å². The highest BCUT2D eigenvalue weighted by Gasteiger charge is 2.14. The maximum absolute atomic E-state index is 6.11. The number of ether oxygens (including phenoxy) is 1. The number of hydrogen-bond acceptors (Lipinski definition) is 5. The molecule has 0 spiro atoms. The normalized spacial score (nSPS) is 15.0. The molecule has 1 aromatic carbocycles. The first-order chi connectivity index (χ1) is 10.2. The van der Waals surface area contributed by atoms with Gasteiger partial charge in [0.15, 0.2) is 0 Å². The molecule has 3 rings (SSSR count). The Balaban J connectivity index is 1.81. The van der Waals surface area contributed by atoms with E-state index in [0.717, 1.165) is 24.6 Å². The Labute approximate surface area is 128 Å². The van der Waals surface area contributed by atoms with Gasteiger partial charge in [-0.25, -0.2) is 4.98 Å². The third-order valence-electron chi connectivity index (χ3n) is 3.32. The van der Waals surface area contributed by atoms with Crippen molar-refractivity contribution in [3.8, 4) is 0 Å². The maximum Gasteiger partial charge on any atom is 0.230 e. The van der Waals surface area contributed by atoms with Gasteiger partial charge >= 0.3 is 0 Å². The molecule has 0 radical (unpaired) electrons. The van der Waals surface area contributed by atoms with Crippen LogP contribution >= 0.6 is 11.6 Å². The number of halogens is 1. The standard InChI is InChI=1S/C15H17ClN4O/c1-11-2-4-12(5-3-11)17-15-18-13(16)10-14(19-15)20-6-8-21-9-7-20/h2-5,10H,6-9H2,1H3,(H,17,18,19). The van der Waals surface area contributed by atoms with Crippen molar-refractivity contribution in [1.29, 1.82) is 0 Å². The highest BCUT2D eigenvalue weighted by atomic mass is 35.5. The summed E-state index contributed by atoms with van der Waals surface area (Å²) < 4.78 is 5.35. The lowest BCUT2D eigenvalue weighted by Crippen LogP contribution is -2.36. The van der Waals surface area contributed by atoms with Gasteiger partial charge in [-0.2, -0.15) is 4.98 Å². The average molecular weight is 305 g/mol. The Morgan fingerprint density at radius 1 is 1.14 bits per heavy atom. The first kappa shape index (κ1) is 14.1. The number of morpholine rings is 1. The summed E-state index contributed by atoms with van der Waals surface area (Å²) in [4.78, 5) is 10.9. The number of aryl methyl sites for hydroxylation is 1. The molecule has 2 heterocycles. The smallest absolute Gasteiger partial charge is 0.230 e. The second kappa shape index (κ2) is 6.28. The average Bonchev–Trinajstić information content (AvgIpc) is 2.50. The SMILES string of the molecule is Cc1ccc(Nc2nc(Cl)cc(N3CCOCC3)n2)cc1. The van der Waals surface area contributed by atoms with Gasteiger partial charge in [-0.05, 0) is 19.1 Å². The number of rotatable bonds is 3. The minimum Gasteiger partial charge on any atom is -0.378 e. The van der Waals surface area contributed by atoms with Crippen LogP contribution in [0, 0.1) is 6.92 Å². The summed E-state index contributed by atoms with van der Waals surface area (Å²) >= 11 is 6.11. The summed E-state index contributed by atoms with van der Waals surface area (Å²) in [5.41, 5.74) is 2.15. The first-order valence-corrected chi connectivity index (χ1v) is 7.29. The molecular formula is C15H17ClN4O. The summed E-state index contributed by atoms with van der Waals surface area (Å²) in [6, 6.07) is 9.85. The zero-order valence-electron chi connectivity index (χ0n) is 11.8. The molecule has 21 heavy (non-hydrogen) atoms. The molecule has 2 aromatic rings. The van der Waals surface area contributed by atoms with Crippen LogP contribution in [0.4, 0.5) is 17.5 Å². The number of hydrogen-bond donors (Lipinski definition) is 1. The molecule has 0 aliphatic carbocycles. The molecule has 0 saturated carbocycles. The number of nitrogens with one attached hydrogen (secondary N) is 1. The molecule has 0 atom stereocenters. The highest BCUT2D eigenvalue weighted by Crippen LogP contribution is 2.21. The largest absolute Gasteiger partial charge is 0.378 e. The van der Waals surface area contributed by atoms with E-state index in [1.54, 1.807) is 6.07 Å². The molecule has 0 unspecified atom stereocenters. The Bertz CT molecular complexity index is 612. The predicted octanol–water partition coefficient (Wildman–Crippen LogP) is 3.02. The monoisotopic (exact) mass is 304 g/mol. The van der Waals surface area contributed by atoms with E-state index in [1.807, 2.05) is 24.3 Å². The molecular weight excluding hydrogens is 288 g/mol. The summed E-state index contributed by atoms with van der Waals surface area (Å²) in [5, 5.41) is 3.62. The lowest BCUT2D eigenvalue weighted by molar-refractivity contribution is 0.122. The van der Waals surface area contributed by atoms with Crippen molar-refractivity contribution in [2.45, 2.75) is 6.92 Å². The van der Waals surface area contributed by atoms with Gasteiger partial charge < -0.3 is 15.0 Å². The molecule has 1 aliphatic heterocycles. The van der Waals surface area contributed by atoms with Crippen LogP contribution in [0.15, 0.2) is 30.3 Å². The third-order valence-corrected chi connectivity index (χ3v) is 3.52. The first-order valence-electron chi connectivity index (χ1n) is 6.92. The zero-order valence-corrected chi connectivity index (χ0v) is 12.6. The van der Waals surface area contributed by atoms with E-state index in [9.17, 15) is 0 Å². The van der Waals surface area contributed by atoms with E-state index >= 15 is 0 Å². The van der Waals surface area contributed by atoms with Gasteiger partial charge in [-0.1, -0.05) is 29.3 Å². The van der Waals surface area contributed by atoms with Crippen LogP contribution in [0.25, 0.3) is 0 Å². The summed E-state index contributed by atoms with van der Waals surface area (Å²) in [6.45, 7) is 5.11. The Morgan fingerprint density at radius 2 is 1.86 bits per heavy atom. The molecule has 0 amide bonds. The van der Waals surface area contributed by atoms with E-state index in [4.69, 9.17) is 16.3 Å². The molecule has 1 fully saturated rings. The second-order valence-corrected chi connectivity index (χ2v) is 5.35. The van der Waals surface area contributed by atoms with Crippen molar-refractivity contribution < 1.29 is 4.74 Å². The van der Waals surface area contributed by atoms with Gasteiger partial charge in [-0.3, -0.25) is 0 Å². The van der Waals surface area contributed by atoms with E-state index in [-0.39, 0.29) is 0 Å². The number of nitrogens with zero attached hydrogens (tertiary/aromatic N) is 3. The molecule has 5 nitrogen and oxygen atoms in total. The molecule has 1 saturated heterocycles. The second-order valence-electron chi connectivity index (χ2n) is 4.96. The van der Waals surface area contributed by atoms with E-state index in [0.29, 0.717) is 24.3 Å². The van der Waals surface area contributed by atoms with Crippen molar-refractivity contribution in [2.24, 2.45) is 0 Å². The fourth-order valence-electron chi connectivity index (χ4n) is 2.18. The lowest BCUT2D eigenvalue weighted by Gasteiger charge is -2.28. The van der Waals surface area contributed by atoms with Crippen molar-refractivity contribution >= 4 is 29.1 Å². The third kappa shape index (κ3) is 3.62. The highest BCUT2D eigenvalue weighted by molar-refractivity contribution is 6.29. The topological polar surface area (TPSA) is 50.3 Å². The quantitative estimate of drug-likeness (QED) is 0.883. The van der Waals surface area contributed by atoms with Gasteiger partial charge in [0.1, 0.15) is 11.0 Å². The predicted molar refractivity (Wildman–Crippen MR) is 84.5 cm³/mol. The number of aromatic nitrogens is 2. The van der Waals surface area contributed by atoms with Gasteiger partial charge in [0.25, 0.3) is 0 Å². The van der Waals surface area contributed by atoms with Crippen molar-refractivity contribution in [1.82, 2.24) is 9.97 Å². The van der Waals surface area contributed by atoms with Gasteiger partial charge in [0.05, 0.1) is 13.2 Å². The van der Waals surface area contributed by atoms with E-state index in [1.165, 1.54) is 5.56 Å². The lowest BCUT2D eigenvalue weighted by atomic mass is 10.2. The molecule has 1 aromatic heterocycles. The van der Waals surface area contributed by atoms with Gasteiger partial charge in [-0.15, -0.1) is 0 Å². The van der Waals surface area contributed by atoms with Crippen LogP contribution in [0.5, 0.6) is 0 Å². The van der Waals surface area contributed by atoms with Crippen LogP contribution < -0.4 is 10.2 Å². The Hall–Kier alpha value is -1.85. The van der Waals surface area contributed by atoms with Gasteiger partial charge in [0, 0.05) is 24.8 Å². The summed E-state index contributed by atoms with van der Waals surface area (Å²) in [6.07, 6.45) is 0. The summed E-state index contributed by atoms with van der Waals surface area (Å²) in [7, 11) is 0. The van der Waals surface area contributed by atoms with Crippen LogP contribution in [0.1, 0.15) is 5.56 Å². The van der Waals surface area contributed by atoms with Crippen LogP contribution in [-0.4, -0.2) is 36.3 Å². The van der Waals surface area contributed by atoms with Crippen LogP contribution in [0.2, 0.25) is 5.15 Å². The molecule has 1 aliphatic rings. The number of anilines is 3. The number of benzene rings is 1. The van der Waals surface area contributed by atoms with Crippen molar-refractivity contribution in [3.63, 3.8) is 0 Å². The molecule has 0 bridgehead atoms. The summed E-state index contributed by atoms with van der Waals surface area (Å²) in [5.74, 6) is 1.33. The van der Waals surface area contributed by atoms with Gasteiger partial charge in [0.2, 0.25) is 5.95 Å². The minimum atomic E-state index is 0.432. The molecule has 6 heteroatoms. The fraction of sp³-hybridized carbons (Fsp3) is 0.333. The van der Waals surface area contributed by atoms with Crippen molar-refractivity contribution in [2.75, 3.05) is 36.5 Å². The fourth-order valence-corrected chi connectivity index (χ4v) is 2.36. The molecule has 110 valence electrons. The zero-order chi connectivity index (χ0) is 14.7. The molecule has 1 N–H and O–H groups in total. The minimum absolute atomic E-state index is 0.432. The Morgan fingerprint density at radius 3 is 2.57 bits per heavy atom. The van der Waals surface area contributed by atoms with E-state index in [2.05, 4.69) is 27.1 Å². The van der Waals surface area contributed by atoms with E-state index < -0.39 is 0 Å². The maximum atomic E-state index is 6.11. The van der Waals surface area contributed by atoms with Crippen LogP contribution in [0.3, 0.4) is 0 Å².